The van der Waals surface area contributed by atoms with Crippen LogP contribution in [0.15, 0.2) is 48.5 Å². The summed E-state index contributed by atoms with van der Waals surface area (Å²) in [6.07, 6.45) is 0. The van der Waals surface area contributed by atoms with Crippen molar-refractivity contribution in [1.29, 1.82) is 0 Å². The first kappa shape index (κ1) is 15.8. The van der Waals surface area contributed by atoms with E-state index in [1.807, 2.05) is 38.1 Å². The lowest BCUT2D eigenvalue weighted by atomic mass is 10.1. The van der Waals surface area contributed by atoms with Gasteiger partial charge < -0.3 is 10.6 Å². The van der Waals surface area contributed by atoms with Gasteiger partial charge in [0.25, 0.3) is 5.91 Å². The lowest BCUT2D eigenvalue weighted by Crippen LogP contribution is -2.41. The van der Waals surface area contributed by atoms with Crippen LogP contribution in [0.4, 0.5) is 5.69 Å². The molecule has 2 rings (SSSR count). The molecule has 0 heterocycles. The lowest BCUT2D eigenvalue weighted by Gasteiger charge is -2.15. The largest absolute Gasteiger partial charge is 0.341 e. The summed E-state index contributed by atoms with van der Waals surface area (Å²) in [5.41, 5.74) is 3.43. The minimum atomic E-state index is -0.617. The van der Waals surface area contributed by atoms with E-state index in [1.54, 1.807) is 31.2 Å². The molecular formula is C18H20N2O2. The van der Waals surface area contributed by atoms with Gasteiger partial charge in [0, 0.05) is 11.3 Å². The number of hydrogen-bond donors (Lipinski definition) is 2. The van der Waals surface area contributed by atoms with Gasteiger partial charge in [0.1, 0.15) is 6.04 Å². The van der Waals surface area contributed by atoms with Gasteiger partial charge >= 0.3 is 0 Å². The van der Waals surface area contributed by atoms with Crippen LogP contribution in [-0.4, -0.2) is 17.9 Å². The molecule has 4 heteroatoms. The predicted octanol–water partition coefficient (Wildman–Crippen LogP) is 3.06. The van der Waals surface area contributed by atoms with E-state index in [0.717, 1.165) is 16.8 Å². The fourth-order valence-corrected chi connectivity index (χ4v) is 2.13. The van der Waals surface area contributed by atoms with Crippen LogP contribution in [0.2, 0.25) is 0 Å². The number of rotatable bonds is 4. The molecule has 0 saturated heterocycles. The fourth-order valence-electron chi connectivity index (χ4n) is 2.13. The zero-order valence-electron chi connectivity index (χ0n) is 13.0. The van der Waals surface area contributed by atoms with Gasteiger partial charge in [-0.05, 0) is 44.5 Å². The van der Waals surface area contributed by atoms with E-state index in [-0.39, 0.29) is 11.8 Å². The van der Waals surface area contributed by atoms with Gasteiger partial charge in [0.15, 0.2) is 0 Å². The quantitative estimate of drug-likeness (QED) is 0.911. The molecule has 0 bridgehead atoms. The Labute approximate surface area is 130 Å². The first-order valence-electron chi connectivity index (χ1n) is 7.21. The van der Waals surface area contributed by atoms with Gasteiger partial charge in [-0.25, -0.2) is 0 Å². The molecule has 2 N–H and O–H groups in total. The topological polar surface area (TPSA) is 58.2 Å². The second-order valence-electron chi connectivity index (χ2n) is 5.37. The van der Waals surface area contributed by atoms with Crippen molar-refractivity contribution in [1.82, 2.24) is 5.32 Å². The molecule has 0 spiro atoms. The summed E-state index contributed by atoms with van der Waals surface area (Å²) in [6.45, 7) is 5.61. The maximum absolute atomic E-state index is 12.2. The van der Waals surface area contributed by atoms with Crippen molar-refractivity contribution in [3.63, 3.8) is 0 Å². The van der Waals surface area contributed by atoms with Crippen LogP contribution in [-0.2, 0) is 4.79 Å². The highest BCUT2D eigenvalue weighted by atomic mass is 16.2. The molecule has 0 aliphatic rings. The van der Waals surface area contributed by atoms with Gasteiger partial charge in [-0.2, -0.15) is 0 Å². The smallest absolute Gasteiger partial charge is 0.251 e. The maximum atomic E-state index is 12.2. The second kappa shape index (κ2) is 6.89. The molecule has 0 saturated carbocycles. The molecule has 0 aliphatic carbocycles. The fraction of sp³-hybridized carbons (Fsp3) is 0.222. The number of benzene rings is 2. The Morgan fingerprint density at radius 3 is 2.32 bits per heavy atom. The van der Waals surface area contributed by atoms with Crippen molar-refractivity contribution >= 4 is 17.5 Å². The van der Waals surface area contributed by atoms with Crippen LogP contribution in [0, 0.1) is 13.8 Å². The Bertz CT molecular complexity index is 681. The number of nitrogens with one attached hydrogen (secondary N) is 2. The Morgan fingerprint density at radius 2 is 1.68 bits per heavy atom. The van der Waals surface area contributed by atoms with Crippen LogP contribution in [0.5, 0.6) is 0 Å². The highest BCUT2D eigenvalue weighted by Crippen LogP contribution is 2.16. The van der Waals surface area contributed by atoms with Crippen molar-refractivity contribution in [3.05, 3.63) is 65.2 Å². The van der Waals surface area contributed by atoms with Crippen molar-refractivity contribution in [2.24, 2.45) is 0 Å². The number of anilines is 1. The zero-order chi connectivity index (χ0) is 16.1. The lowest BCUT2D eigenvalue weighted by molar-refractivity contribution is -0.117. The summed E-state index contributed by atoms with van der Waals surface area (Å²) in [6, 6.07) is 14.0. The highest BCUT2D eigenvalue weighted by molar-refractivity contribution is 6.01. The number of hydrogen-bond acceptors (Lipinski definition) is 2. The molecule has 0 aromatic heterocycles. The van der Waals surface area contributed by atoms with E-state index in [0.29, 0.717) is 5.56 Å². The molecular weight excluding hydrogens is 276 g/mol. The van der Waals surface area contributed by atoms with Crippen molar-refractivity contribution in [3.8, 4) is 0 Å². The van der Waals surface area contributed by atoms with Crippen molar-refractivity contribution in [2.45, 2.75) is 26.8 Å². The number of carbonyl (C=O) groups is 2. The number of amides is 2. The third kappa shape index (κ3) is 3.95. The average Bonchev–Trinajstić information content (AvgIpc) is 2.50. The molecule has 0 unspecified atom stereocenters. The minimum Gasteiger partial charge on any atom is -0.341 e. The maximum Gasteiger partial charge on any atom is 0.251 e. The van der Waals surface area contributed by atoms with E-state index >= 15 is 0 Å². The van der Waals surface area contributed by atoms with Crippen LogP contribution in [0.3, 0.4) is 0 Å². The number of aryl methyl sites for hydroxylation is 2. The predicted molar refractivity (Wildman–Crippen MR) is 87.9 cm³/mol. The van der Waals surface area contributed by atoms with E-state index in [4.69, 9.17) is 0 Å². The van der Waals surface area contributed by atoms with E-state index in [2.05, 4.69) is 10.6 Å². The second-order valence-corrected chi connectivity index (χ2v) is 5.37. The molecule has 0 fully saturated rings. The minimum absolute atomic E-state index is 0.240. The van der Waals surface area contributed by atoms with Crippen LogP contribution in [0.25, 0.3) is 0 Å². The summed E-state index contributed by atoms with van der Waals surface area (Å²) in [5, 5.41) is 5.54. The molecule has 4 nitrogen and oxygen atoms in total. The van der Waals surface area contributed by atoms with Crippen molar-refractivity contribution in [2.75, 3.05) is 5.32 Å². The summed E-state index contributed by atoms with van der Waals surface area (Å²) in [4.78, 5) is 24.2. The van der Waals surface area contributed by atoms with E-state index < -0.39 is 6.04 Å². The molecule has 1 atom stereocenters. The summed E-state index contributed by atoms with van der Waals surface area (Å²) < 4.78 is 0. The van der Waals surface area contributed by atoms with Crippen LogP contribution in [0.1, 0.15) is 28.4 Å². The molecule has 0 aliphatic heterocycles. The zero-order valence-corrected chi connectivity index (χ0v) is 13.0. The molecule has 2 aromatic rings. The first-order chi connectivity index (χ1) is 10.5. The summed E-state index contributed by atoms with van der Waals surface area (Å²) >= 11 is 0. The van der Waals surface area contributed by atoms with Gasteiger partial charge in [-0.3, -0.25) is 9.59 Å². The average molecular weight is 296 g/mol. The van der Waals surface area contributed by atoms with E-state index in [1.165, 1.54) is 0 Å². The van der Waals surface area contributed by atoms with Crippen LogP contribution < -0.4 is 10.6 Å². The summed E-state index contributed by atoms with van der Waals surface area (Å²) in [5.74, 6) is -0.500. The van der Waals surface area contributed by atoms with Crippen LogP contribution >= 0.6 is 0 Å². The molecule has 22 heavy (non-hydrogen) atoms. The van der Waals surface area contributed by atoms with Crippen molar-refractivity contribution < 1.29 is 9.59 Å². The Balaban J connectivity index is 1.99. The molecule has 2 amide bonds. The molecule has 114 valence electrons. The Morgan fingerprint density at radius 1 is 1.00 bits per heavy atom. The SMILES string of the molecule is Cc1ccc(NC(=O)[C@@H](C)NC(=O)c2ccccc2)c(C)c1. The molecule has 2 aromatic carbocycles. The monoisotopic (exact) mass is 296 g/mol. The normalized spacial score (nSPS) is 11.6. The first-order valence-corrected chi connectivity index (χ1v) is 7.21. The van der Waals surface area contributed by atoms with E-state index in [9.17, 15) is 9.59 Å². The highest BCUT2D eigenvalue weighted by Gasteiger charge is 2.17. The number of carbonyl (C=O) groups excluding carboxylic acids is 2. The van der Waals surface area contributed by atoms with Gasteiger partial charge in [0.05, 0.1) is 0 Å². The third-order valence-electron chi connectivity index (χ3n) is 3.42. The van der Waals surface area contributed by atoms with Gasteiger partial charge in [-0.1, -0.05) is 35.9 Å². The Hall–Kier alpha value is -2.62. The van der Waals surface area contributed by atoms with Gasteiger partial charge in [0.2, 0.25) is 5.91 Å². The third-order valence-corrected chi connectivity index (χ3v) is 3.42. The standard InChI is InChI=1S/C18H20N2O2/c1-12-9-10-16(13(2)11-12)20-17(21)14(3)19-18(22)15-7-5-4-6-8-15/h4-11,14H,1-3H3,(H,19,22)(H,20,21)/t14-/m1/s1. The van der Waals surface area contributed by atoms with Gasteiger partial charge in [-0.15, -0.1) is 0 Å². The Kier molecular flexibility index (Phi) is 4.94. The summed E-state index contributed by atoms with van der Waals surface area (Å²) in [7, 11) is 0. The molecule has 0 radical (unpaired) electrons.